The Kier molecular flexibility index (Phi) is 3.47. The number of ether oxygens (including phenoxy) is 1. The zero-order valence-corrected chi connectivity index (χ0v) is 10.6. The van der Waals surface area contributed by atoms with Gasteiger partial charge >= 0.3 is 0 Å². The van der Waals surface area contributed by atoms with Crippen molar-refractivity contribution >= 4 is 12.2 Å². The molecule has 0 radical (unpaired) electrons. The summed E-state index contributed by atoms with van der Waals surface area (Å²) >= 11 is 0. The van der Waals surface area contributed by atoms with Gasteiger partial charge in [-0.1, -0.05) is 36.4 Å². The van der Waals surface area contributed by atoms with E-state index in [1.165, 1.54) is 16.1 Å². The van der Waals surface area contributed by atoms with Crippen LogP contribution in [0.4, 0.5) is 0 Å². The first-order valence-corrected chi connectivity index (χ1v) is 6.72. The number of hydrogen-bond acceptors (Lipinski definition) is 2. The summed E-state index contributed by atoms with van der Waals surface area (Å²) in [7, 11) is 0. The van der Waals surface area contributed by atoms with Crippen LogP contribution < -0.4 is 10.4 Å². The van der Waals surface area contributed by atoms with Crippen molar-refractivity contribution in [1.82, 2.24) is 4.90 Å². The van der Waals surface area contributed by atoms with Crippen LogP contribution in [0.2, 0.25) is 0 Å². The van der Waals surface area contributed by atoms with E-state index in [2.05, 4.69) is 47.4 Å². The van der Waals surface area contributed by atoms with Crippen LogP contribution in [0.15, 0.2) is 36.0 Å². The van der Waals surface area contributed by atoms with Crippen LogP contribution in [0.5, 0.6) is 0 Å². The monoisotopic (exact) mass is 241 g/mol. The summed E-state index contributed by atoms with van der Waals surface area (Å²) < 4.78 is 5.42. The van der Waals surface area contributed by atoms with Crippen molar-refractivity contribution in [3.05, 3.63) is 46.5 Å². The molecule has 2 aliphatic rings. The van der Waals surface area contributed by atoms with Gasteiger partial charge in [-0.2, -0.15) is 0 Å². The highest BCUT2D eigenvalue weighted by molar-refractivity contribution is 5.43. The Balaban J connectivity index is 1.92. The number of nitrogens with zero attached hydrogens (tertiary/aromatic N) is 1. The van der Waals surface area contributed by atoms with Crippen LogP contribution >= 0.6 is 0 Å². The van der Waals surface area contributed by atoms with Gasteiger partial charge in [0.15, 0.2) is 0 Å². The van der Waals surface area contributed by atoms with E-state index in [1.807, 2.05) is 0 Å². The second-order valence-corrected chi connectivity index (χ2v) is 4.80. The lowest BCUT2D eigenvalue weighted by atomic mass is 10.1. The topological polar surface area (TPSA) is 12.5 Å². The molecule has 1 aromatic carbocycles. The molecule has 0 saturated carbocycles. The molecular weight excluding hydrogens is 222 g/mol. The number of rotatable bonds is 1. The SMILES string of the molecule is C1=C(N2CCOCC2)CCC=c2ccccc2=C1. The third kappa shape index (κ3) is 2.49. The van der Waals surface area contributed by atoms with Crippen molar-refractivity contribution in [2.75, 3.05) is 26.3 Å². The highest BCUT2D eigenvalue weighted by Gasteiger charge is 2.12. The van der Waals surface area contributed by atoms with Crippen molar-refractivity contribution in [3.8, 4) is 0 Å². The molecule has 1 aliphatic carbocycles. The second-order valence-electron chi connectivity index (χ2n) is 4.80. The zero-order chi connectivity index (χ0) is 12.2. The summed E-state index contributed by atoms with van der Waals surface area (Å²) in [5, 5.41) is 2.68. The van der Waals surface area contributed by atoms with E-state index in [1.54, 1.807) is 0 Å². The van der Waals surface area contributed by atoms with Crippen LogP contribution in [0, 0.1) is 0 Å². The van der Waals surface area contributed by atoms with E-state index in [0.717, 1.165) is 39.1 Å². The zero-order valence-electron chi connectivity index (χ0n) is 10.6. The van der Waals surface area contributed by atoms with Gasteiger partial charge in [-0.3, -0.25) is 0 Å². The third-order valence-corrected chi connectivity index (χ3v) is 3.63. The van der Waals surface area contributed by atoms with Crippen molar-refractivity contribution in [1.29, 1.82) is 0 Å². The molecule has 18 heavy (non-hydrogen) atoms. The highest BCUT2D eigenvalue weighted by atomic mass is 16.5. The largest absolute Gasteiger partial charge is 0.378 e. The molecule has 0 unspecified atom stereocenters. The van der Waals surface area contributed by atoms with Gasteiger partial charge in [0, 0.05) is 18.8 Å². The van der Waals surface area contributed by atoms with Gasteiger partial charge < -0.3 is 9.64 Å². The summed E-state index contributed by atoms with van der Waals surface area (Å²) in [4.78, 5) is 2.46. The fourth-order valence-electron chi connectivity index (χ4n) is 2.61. The summed E-state index contributed by atoms with van der Waals surface area (Å²) in [5.74, 6) is 0. The lowest BCUT2D eigenvalue weighted by molar-refractivity contribution is 0.0522. The maximum Gasteiger partial charge on any atom is 0.0642 e. The standard InChI is InChI=1S/C16H19NO/c1-2-5-15-8-9-16(7-3-6-14(15)4-1)17-10-12-18-13-11-17/h1-2,4-6,8-9H,3,7,10-13H2. The fraction of sp³-hybridized carbons (Fsp3) is 0.375. The van der Waals surface area contributed by atoms with Gasteiger partial charge in [-0.05, 0) is 29.4 Å². The summed E-state index contributed by atoms with van der Waals surface area (Å²) in [6, 6.07) is 8.59. The highest BCUT2D eigenvalue weighted by Crippen LogP contribution is 2.14. The molecule has 1 heterocycles. The van der Waals surface area contributed by atoms with Crippen LogP contribution in [0.25, 0.3) is 12.2 Å². The third-order valence-electron chi connectivity index (χ3n) is 3.63. The first-order chi connectivity index (χ1) is 8.93. The smallest absolute Gasteiger partial charge is 0.0642 e. The van der Waals surface area contributed by atoms with Gasteiger partial charge in [0.05, 0.1) is 13.2 Å². The van der Waals surface area contributed by atoms with Crippen molar-refractivity contribution in [3.63, 3.8) is 0 Å². The Hall–Kier alpha value is -1.54. The molecule has 1 saturated heterocycles. The van der Waals surface area contributed by atoms with Gasteiger partial charge in [0.1, 0.15) is 0 Å². The number of hydrogen-bond donors (Lipinski definition) is 0. The molecule has 2 heteroatoms. The molecular formula is C16H19NO. The minimum Gasteiger partial charge on any atom is -0.378 e. The minimum absolute atomic E-state index is 0.859. The molecule has 94 valence electrons. The maximum atomic E-state index is 5.42. The maximum absolute atomic E-state index is 5.42. The molecule has 1 aliphatic heterocycles. The Bertz CT molecular complexity index is 553. The Morgan fingerprint density at radius 3 is 2.56 bits per heavy atom. The summed E-state index contributed by atoms with van der Waals surface area (Å²) in [6.45, 7) is 3.78. The van der Waals surface area contributed by atoms with Gasteiger partial charge in [-0.15, -0.1) is 0 Å². The molecule has 1 aromatic rings. The Morgan fingerprint density at radius 2 is 1.72 bits per heavy atom. The molecule has 0 aromatic heterocycles. The molecule has 1 fully saturated rings. The lowest BCUT2D eigenvalue weighted by Gasteiger charge is -2.31. The lowest BCUT2D eigenvalue weighted by Crippen LogP contribution is -2.36. The van der Waals surface area contributed by atoms with Crippen molar-refractivity contribution in [2.45, 2.75) is 12.8 Å². The first-order valence-electron chi connectivity index (χ1n) is 6.72. The fourth-order valence-corrected chi connectivity index (χ4v) is 2.61. The summed E-state index contributed by atoms with van der Waals surface area (Å²) in [5.41, 5.74) is 1.45. The number of morpholine rings is 1. The van der Waals surface area contributed by atoms with Crippen LogP contribution in [0.1, 0.15) is 12.8 Å². The normalized spacial score (nSPS) is 19.8. The van der Waals surface area contributed by atoms with E-state index >= 15 is 0 Å². The number of allylic oxidation sites excluding steroid dienone is 2. The second kappa shape index (κ2) is 5.40. The van der Waals surface area contributed by atoms with Gasteiger partial charge in [0.2, 0.25) is 0 Å². The summed E-state index contributed by atoms with van der Waals surface area (Å²) in [6.07, 6.45) is 9.13. The van der Waals surface area contributed by atoms with E-state index in [4.69, 9.17) is 4.74 Å². The average Bonchev–Trinajstić information content (AvgIpc) is 2.41. The van der Waals surface area contributed by atoms with Gasteiger partial charge in [0.25, 0.3) is 0 Å². The predicted molar refractivity (Wildman–Crippen MR) is 74.3 cm³/mol. The molecule has 0 N–H and O–H groups in total. The minimum atomic E-state index is 0.859. The molecule has 0 bridgehead atoms. The molecule has 3 rings (SSSR count). The predicted octanol–water partition coefficient (Wildman–Crippen LogP) is 1.26. The van der Waals surface area contributed by atoms with E-state index in [9.17, 15) is 0 Å². The molecule has 0 amide bonds. The molecule has 0 atom stereocenters. The first kappa shape index (κ1) is 11.5. The van der Waals surface area contributed by atoms with E-state index < -0.39 is 0 Å². The van der Waals surface area contributed by atoms with Crippen LogP contribution in [-0.4, -0.2) is 31.2 Å². The molecule has 0 spiro atoms. The van der Waals surface area contributed by atoms with Crippen molar-refractivity contribution in [2.24, 2.45) is 0 Å². The van der Waals surface area contributed by atoms with E-state index in [-0.39, 0.29) is 0 Å². The van der Waals surface area contributed by atoms with Crippen LogP contribution in [-0.2, 0) is 4.74 Å². The number of benzene rings is 1. The Labute approximate surface area is 108 Å². The average molecular weight is 241 g/mol. The van der Waals surface area contributed by atoms with Crippen molar-refractivity contribution < 1.29 is 4.74 Å². The Morgan fingerprint density at radius 1 is 0.944 bits per heavy atom. The van der Waals surface area contributed by atoms with E-state index in [0.29, 0.717) is 0 Å². The van der Waals surface area contributed by atoms with Crippen LogP contribution in [0.3, 0.4) is 0 Å². The van der Waals surface area contributed by atoms with Gasteiger partial charge in [-0.25, -0.2) is 0 Å². The quantitative estimate of drug-likeness (QED) is 0.734. The molecule has 2 nitrogen and oxygen atoms in total. The number of fused-ring (bicyclic) bond motifs is 1.